The minimum absolute atomic E-state index is 0.0576. The van der Waals surface area contributed by atoms with Gasteiger partial charge in [0.25, 0.3) is 0 Å². The Kier molecular flexibility index (Phi) is 4.63. The van der Waals surface area contributed by atoms with E-state index in [9.17, 15) is 4.79 Å². The van der Waals surface area contributed by atoms with Crippen molar-refractivity contribution >= 4 is 6.09 Å². The number of carbonyl (C=O) groups is 1. The Balaban J connectivity index is 1.36. The van der Waals surface area contributed by atoms with Gasteiger partial charge in [-0.25, -0.2) is 9.78 Å². The van der Waals surface area contributed by atoms with Crippen LogP contribution >= 0.6 is 0 Å². The third-order valence-electron chi connectivity index (χ3n) is 4.59. The van der Waals surface area contributed by atoms with E-state index in [1.54, 1.807) is 6.20 Å². The number of nitrogens with zero attached hydrogens (tertiary/aromatic N) is 1. The predicted octanol–water partition coefficient (Wildman–Crippen LogP) is 3.61. The highest BCUT2D eigenvalue weighted by Gasteiger charge is 2.28. The van der Waals surface area contributed by atoms with Crippen molar-refractivity contribution in [2.24, 2.45) is 0 Å². The minimum Gasteiger partial charge on any atom is -0.449 e. The molecule has 0 saturated carbocycles. The summed E-state index contributed by atoms with van der Waals surface area (Å²) in [6.07, 6.45) is 1.20. The summed E-state index contributed by atoms with van der Waals surface area (Å²) < 4.78 is 5.46. The number of aromatic amines is 1. The van der Waals surface area contributed by atoms with Crippen LogP contribution in [0.4, 0.5) is 4.79 Å². The molecule has 1 aromatic heterocycles. The van der Waals surface area contributed by atoms with E-state index in [1.165, 1.54) is 22.3 Å². The molecule has 0 aliphatic heterocycles. The van der Waals surface area contributed by atoms with Crippen molar-refractivity contribution < 1.29 is 9.53 Å². The number of aromatic nitrogens is 2. The molecule has 1 aliphatic rings. The van der Waals surface area contributed by atoms with E-state index in [4.69, 9.17) is 4.74 Å². The molecular formula is C22H19N3O2. The van der Waals surface area contributed by atoms with Crippen LogP contribution in [-0.2, 0) is 4.74 Å². The summed E-state index contributed by atoms with van der Waals surface area (Å²) in [5.74, 6) is 6.64. The van der Waals surface area contributed by atoms with Gasteiger partial charge in [0.2, 0.25) is 0 Å². The van der Waals surface area contributed by atoms with Gasteiger partial charge in [0.05, 0.1) is 12.7 Å². The van der Waals surface area contributed by atoms with Gasteiger partial charge in [0.1, 0.15) is 18.1 Å². The van der Waals surface area contributed by atoms with E-state index < -0.39 is 6.09 Å². The lowest BCUT2D eigenvalue weighted by molar-refractivity contribution is 0.144. The Labute approximate surface area is 157 Å². The van der Waals surface area contributed by atoms with E-state index in [-0.39, 0.29) is 12.5 Å². The number of hydrogen-bond donors (Lipinski definition) is 2. The predicted molar refractivity (Wildman–Crippen MR) is 103 cm³/mol. The molecule has 0 saturated heterocycles. The summed E-state index contributed by atoms with van der Waals surface area (Å²) in [5, 5.41) is 2.66. The van der Waals surface area contributed by atoms with E-state index in [1.807, 2.05) is 31.2 Å². The second-order valence-corrected chi connectivity index (χ2v) is 6.36. The van der Waals surface area contributed by atoms with Crippen molar-refractivity contribution in [1.82, 2.24) is 15.3 Å². The first kappa shape index (κ1) is 16.9. The van der Waals surface area contributed by atoms with Crippen molar-refractivity contribution in [2.75, 3.05) is 13.2 Å². The molecule has 5 heteroatoms. The number of alkyl carbamates (subject to hydrolysis) is 1. The zero-order chi connectivity index (χ0) is 18.6. The van der Waals surface area contributed by atoms with Gasteiger partial charge in [-0.05, 0) is 35.1 Å². The Morgan fingerprint density at radius 2 is 1.81 bits per heavy atom. The van der Waals surface area contributed by atoms with Crippen LogP contribution in [0.15, 0.2) is 54.7 Å². The van der Waals surface area contributed by atoms with Gasteiger partial charge in [-0.2, -0.15) is 0 Å². The summed E-state index contributed by atoms with van der Waals surface area (Å²) in [7, 11) is 0. The summed E-state index contributed by atoms with van der Waals surface area (Å²) in [5.41, 5.74) is 5.54. The number of benzene rings is 2. The molecular weight excluding hydrogens is 338 g/mol. The lowest BCUT2D eigenvalue weighted by Crippen LogP contribution is -2.26. The number of amides is 1. The maximum absolute atomic E-state index is 12.0. The molecule has 0 bridgehead atoms. The van der Waals surface area contributed by atoms with Gasteiger partial charge >= 0.3 is 6.09 Å². The summed E-state index contributed by atoms with van der Waals surface area (Å²) in [4.78, 5) is 19.1. The molecule has 4 rings (SSSR count). The molecule has 2 aromatic carbocycles. The zero-order valence-electron chi connectivity index (χ0n) is 15.0. The summed E-state index contributed by atoms with van der Waals surface area (Å²) in [6, 6.07) is 16.5. The highest BCUT2D eigenvalue weighted by atomic mass is 16.5. The average Bonchev–Trinajstić information content (AvgIpc) is 3.25. The molecule has 0 unspecified atom stereocenters. The van der Waals surface area contributed by atoms with Gasteiger partial charge in [-0.15, -0.1) is 0 Å². The van der Waals surface area contributed by atoms with E-state index >= 15 is 0 Å². The third kappa shape index (κ3) is 3.56. The quantitative estimate of drug-likeness (QED) is 0.704. The maximum atomic E-state index is 12.0. The Hall–Kier alpha value is -3.52. The molecule has 0 radical (unpaired) electrons. The maximum Gasteiger partial charge on any atom is 0.407 e. The van der Waals surface area contributed by atoms with Crippen LogP contribution in [0.25, 0.3) is 11.1 Å². The molecule has 0 spiro atoms. The topological polar surface area (TPSA) is 67.0 Å². The Bertz CT molecular complexity index is 997. The second-order valence-electron chi connectivity index (χ2n) is 6.36. The van der Waals surface area contributed by atoms with Crippen LogP contribution in [0.2, 0.25) is 0 Å². The third-order valence-corrected chi connectivity index (χ3v) is 4.59. The van der Waals surface area contributed by atoms with Crippen molar-refractivity contribution in [3.05, 3.63) is 77.4 Å². The highest BCUT2D eigenvalue weighted by molar-refractivity contribution is 5.79. The van der Waals surface area contributed by atoms with Crippen molar-refractivity contribution in [1.29, 1.82) is 0 Å². The molecule has 1 amide bonds. The molecule has 1 heterocycles. The number of nitrogens with one attached hydrogen (secondary N) is 2. The Morgan fingerprint density at radius 1 is 1.15 bits per heavy atom. The summed E-state index contributed by atoms with van der Waals surface area (Å²) >= 11 is 0. The number of carbonyl (C=O) groups excluding carboxylic acids is 1. The number of rotatable bonds is 3. The molecule has 134 valence electrons. The zero-order valence-corrected chi connectivity index (χ0v) is 15.0. The Morgan fingerprint density at radius 3 is 2.44 bits per heavy atom. The fraction of sp³-hybridized carbons (Fsp3) is 0.182. The lowest BCUT2D eigenvalue weighted by Gasteiger charge is -2.14. The van der Waals surface area contributed by atoms with Gasteiger partial charge in [0, 0.05) is 5.92 Å². The number of hydrogen-bond acceptors (Lipinski definition) is 3. The molecule has 5 nitrogen and oxygen atoms in total. The number of H-pyrrole nitrogens is 1. The van der Waals surface area contributed by atoms with Crippen LogP contribution < -0.4 is 5.32 Å². The SMILES string of the molecule is Cc1ncc(C#CCNC(=O)OCC2c3ccccc3-c3ccccc32)[nH]1. The molecule has 3 aromatic rings. The monoisotopic (exact) mass is 357 g/mol. The smallest absolute Gasteiger partial charge is 0.407 e. The van der Waals surface area contributed by atoms with Crippen LogP contribution in [-0.4, -0.2) is 29.2 Å². The van der Waals surface area contributed by atoms with E-state index in [0.717, 1.165) is 11.5 Å². The molecule has 0 fully saturated rings. The number of imidazole rings is 1. The van der Waals surface area contributed by atoms with Crippen molar-refractivity contribution in [3.8, 4) is 23.0 Å². The van der Waals surface area contributed by atoms with E-state index in [2.05, 4.69) is 51.4 Å². The van der Waals surface area contributed by atoms with Gasteiger partial charge in [-0.1, -0.05) is 54.5 Å². The van der Waals surface area contributed by atoms with Crippen LogP contribution in [0.5, 0.6) is 0 Å². The first-order chi connectivity index (χ1) is 13.2. The van der Waals surface area contributed by atoms with Crippen LogP contribution in [0, 0.1) is 18.8 Å². The second kappa shape index (κ2) is 7.38. The number of ether oxygens (including phenoxy) is 1. The summed E-state index contributed by atoms with van der Waals surface area (Å²) in [6.45, 7) is 2.38. The highest BCUT2D eigenvalue weighted by Crippen LogP contribution is 2.44. The average molecular weight is 357 g/mol. The molecule has 27 heavy (non-hydrogen) atoms. The minimum atomic E-state index is -0.466. The van der Waals surface area contributed by atoms with Gasteiger partial charge in [-0.3, -0.25) is 0 Å². The largest absolute Gasteiger partial charge is 0.449 e. The number of fused-ring (bicyclic) bond motifs is 3. The van der Waals surface area contributed by atoms with Gasteiger partial charge < -0.3 is 15.0 Å². The van der Waals surface area contributed by atoms with Gasteiger partial charge in [0.15, 0.2) is 0 Å². The fourth-order valence-corrected chi connectivity index (χ4v) is 3.39. The molecule has 2 N–H and O–H groups in total. The van der Waals surface area contributed by atoms with Crippen molar-refractivity contribution in [3.63, 3.8) is 0 Å². The first-order valence-electron chi connectivity index (χ1n) is 8.81. The van der Waals surface area contributed by atoms with E-state index in [0.29, 0.717) is 6.61 Å². The lowest BCUT2D eigenvalue weighted by atomic mass is 9.98. The fourth-order valence-electron chi connectivity index (χ4n) is 3.39. The molecule has 1 aliphatic carbocycles. The van der Waals surface area contributed by atoms with Crippen LogP contribution in [0.1, 0.15) is 28.6 Å². The normalized spacial score (nSPS) is 11.9. The van der Waals surface area contributed by atoms with Crippen molar-refractivity contribution in [2.45, 2.75) is 12.8 Å². The standard InChI is InChI=1S/C22H19N3O2/c1-15-24-13-16(25-15)7-6-12-23-22(26)27-14-21-19-10-4-2-8-17(19)18-9-3-5-11-20(18)21/h2-5,8-11,13,21H,12,14H2,1H3,(H,23,26)(H,24,25). The number of aryl methyl sites for hydroxylation is 1. The first-order valence-corrected chi connectivity index (χ1v) is 8.81. The molecule has 0 atom stereocenters. The van der Waals surface area contributed by atoms with Crippen LogP contribution in [0.3, 0.4) is 0 Å².